The first-order chi connectivity index (χ1) is 10.7. The van der Waals surface area contributed by atoms with Crippen LogP contribution in [0.5, 0.6) is 0 Å². The molecule has 0 unspecified atom stereocenters. The standard InChI is InChI=1S/C16H18N4O2/c1-19-14-5-3-2-4-13(14)18-16(19)12(10-17)15(21)11-20-6-8-22-9-7-20/h2-5,21H,6-9,11H2,1H3/b15-12-. The number of aliphatic hydroxyl groups is 1. The Morgan fingerprint density at radius 1 is 1.36 bits per heavy atom. The zero-order valence-corrected chi connectivity index (χ0v) is 12.5. The maximum Gasteiger partial charge on any atom is 0.155 e. The lowest BCUT2D eigenvalue weighted by Gasteiger charge is -2.26. The smallest absolute Gasteiger partial charge is 0.155 e. The molecule has 1 aromatic heterocycles. The highest BCUT2D eigenvalue weighted by Gasteiger charge is 2.19. The Kier molecular flexibility index (Phi) is 4.09. The highest BCUT2D eigenvalue weighted by Crippen LogP contribution is 2.22. The zero-order valence-electron chi connectivity index (χ0n) is 12.5. The summed E-state index contributed by atoms with van der Waals surface area (Å²) in [4.78, 5) is 6.55. The van der Waals surface area contributed by atoms with Gasteiger partial charge in [-0.2, -0.15) is 5.26 Å². The van der Waals surface area contributed by atoms with Crippen LogP contribution < -0.4 is 0 Å². The molecular formula is C16H18N4O2. The van der Waals surface area contributed by atoms with Crippen LogP contribution in [0.2, 0.25) is 0 Å². The van der Waals surface area contributed by atoms with E-state index < -0.39 is 0 Å². The number of benzene rings is 1. The number of para-hydroxylation sites is 2. The topological polar surface area (TPSA) is 74.3 Å². The van der Waals surface area contributed by atoms with E-state index in [-0.39, 0.29) is 11.3 Å². The summed E-state index contributed by atoms with van der Waals surface area (Å²) in [5, 5.41) is 19.9. The van der Waals surface area contributed by atoms with E-state index in [9.17, 15) is 10.4 Å². The summed E-state index contributed by atoms with van der Waals surface area (Å²) in [6, 6.07) is 9.77. The van der Waals surface area contributed by atoms with E-state index in [0.717, 1.165) is 24.1 Å². The van der Waals surface area contributed by atoms with Gasteiger partial charge in [-0.25, -0.2) is 4.98 Å². The van der Waals surface area contributed by atoms with Crippen molar-refractivity contribution in [3.63, 3.8) is 0 Å². The number of nitriles is 1. The van der Waals surface area contributed by atoms with Gasteiger partial charge in [0.2, 0.25) is 0 Å². The van der Waals surface area contributed by atoms with Crippen LogP contribution in [0.25, 0.3) is 16.6 Å². The predicted octanol–water partition coefficient (Wildman–Crippen LogP) is 1.70. The molecule has 1 aromatic carbocycles. The maximum atomic E-state index is 10.4. The molecule has 6 heteroatoms. The number of hydrogen-bond acceptors (Lipinski definition) is 5. The Balaban J connectivity index is 1.96. The average Bonchev–Trinajstić information content (AvgIpc) is 2.87. The van der Waals surface area contributed by atoms with Gasteiger partial charge >= 0.3 is 0 Å². The number of nitrogens with zero attached hydrogens (tertiary/aromatic N) is 4. The van der Waals surface area contributed by atoms with Crippen molar-refractivity contribution in [1.82, 2.24) is 14.5 Å². The van der Waals surface area contributed by atoms with Gasteiger partial charge < -0.3 is 14.4 Å². The molecule has 1 saturated heterocycles. The summed E-state index contributed by atoms with van der Waals surface area (Å²) in [6.45, 7) is 3.16. The lowest BCUT2D eigenvalue weighted by molar-refractivity contribution is 0.0381. The SMILES string of the molecule is Cn1c(/C(C#N)=C(\O)CN2CCOCC2)nc2ccccc21. The monoisotopic (exact) mass is 298 g/mol. The number of fused-ring (bicyclic) bond motifs is 1. The van der Waals surface area contributed by atoms with E-state index in [1.165, 1.54) is 0 Å². The van der Waals surface area contributed by atoms with Gasteiger partial charge in [0.15, 0.2) is 5.82 Å². The second-order valence-electron chi connectivity index (χ2n) is 5.31. The van der Waals surface area contributed by atoms with E-state index in [1.54, 1.807) is 0 Å². The Hall–Kier alpha value is -2.36. The van der Waals surface area contributed by atoms with Crippen LogP contribution in [-0.2, 0) is 11.8 Å². The van der Waals surface area contributed by atoms with Crippen molar-refractivity contribution in [3.05, 3.63) is 35.8 Å². The predicted molar refractivity (Wildman–Crippen MR) is 83.1 cm³/mol. The summed E-state index contributed by atoms with van der Waals surface area (Å²) in [5.41, 5.74) is 1.97. The summed E-state index contributed by atoms with van der Waals surface area (Å²) >= 11 is 0. The first-order valence-corrected chi connectivity index (χ1v) is 7.25. The summed E-state index contributed by atoms with van der Waals surface area (Å²) in [7, 11) is 1.85. The van der Waals surface area contributed by atoms with Gasteiger partial charge in [0.25, 0.3) is 0 Å². The Bertz CT molecular complexity index is 751. The minimum atomic E-state index is 0.0582. The van der Waals surface area contributed by atoms with Crippen LogP contribution in [0.15, 0.2) is 30.0 Å². The Morgan fingerprint density at radius 2 is 2.09 bits per heavy atom. The summed E-state index contributed by atoms with van der Waals surface area (Å²) in [6.07, 6.45) is 0. The number of morpholine rings is 1. The Morgan fingerprint density at radius 3 is 2.77 bits per heavy atom. The molecule has 0 aliphatic carbocycles. The van der Waals surface area contributed by atoms with Gasteiger partial charge in [-0.05, 0) is 12.1 Å². The van der Waals surface area contributed by atoms with Gasteiger partial charge in [-0.15, -0.1) is 0 Å². The molecule has 1 fully saturated rings. The van der Waals surface area contributed by atoms with E-state index >= 15 is 0 Å². The van der Waals surface area contributed by atoms with Crippen molar-refractivity contribution in [2.75, 3.05) is 32.8 Å². The third-order valence-corrected chi connectivity index (χ3v) is 3.89. The van der Waals surface area contributed by atoms with Crippen LogP contribution in [0.3, 0.4) is 0 Å². The molecule has 2 aromatic rings. The summed E-state index contributed by atoms with van der Waals surface area (Å²) < 4.78 is 7.13. The van der Waals surface area contributed by atoms with E-state index in [1.807, 2.05) is 35.9 Å². The second-order valence-corrected chi connectivity index (χ2v) is 5.31. The largest absolute Gasteiger partial charge is 0.509 e. The third kappa shape index (κ3) is 2.69. The fourth-order valence-corrected chi connectivity index (χ4v) is 2.66. The van der Waals surface area contributed by atoms with Crippen molar-refractivity contribution in [2.45, 2.75) is 0 Å². The summed E-state index contributed by atoms with van der Waals surface area (Å²) in [5.74, 6) is 0.553. The molecule has 3 rings (SSSR count). The number of rotatable bonds is 3. The molecular weight excluding hydrogens is 280 g/mol. The minimum Gasteiger partial charge on any atom is -0.509 e. The second kappa shape index (κ2) is 6.18. The molecule has 0 amide bonds. The van der Waals surface area contributed by atoms with Crippen molar-refractivity contribution in [3.8, 4) is 6.07 Å². The molecule has 1 aliphatic rings. The fourth-order valence-electron chi connectivity index (χ4n) is 2.66. The quantitative estimate of drug-likeness (QED) is 0.689. The molecule has 22 heavy (non-hydrogen) atoms. The lowest BCUT2D eigenvalue weighted by Crippen LogP contribution is -2.37. The molecule has 114 valence electrons. The highest BCUT2D eigenvalue weighted by molar-refractivity contribution is 5.83. The molecule has 0 radical (unpaired) electrons. The molecule has 1 N–H and O–H groups in total. The number of ether oxygens (including phenoxy) is 1. The van der Waals surface area contributed by atoms with Gasteiger partial charge in [-0.3, -0.25) is 4.90 Å². The van der Waals surface area contributed by atoms with Crippen molar-refractivity contribution in [2.24, 2.45) is 7.05 Å². The van der Waals surface area contributed by atoms with Gasteiger partial charge in [0.05, 0.1) is 30.8 Å². The van der Waals surface area contributed by atoms with Crippen molar-refractivity contribution in [1.29, 1.82) is 5.26 Å². The zero-order chi connectivity index (χ0) is 15.5. The van der Waals surface area contributed by atoms with Crippen LogP contribution in [-0.4, -0.2) is 52.4 Å². The van der Waals surface area contributed by atoms with E-state index in [4.69, 9.17) is 4.74 Å². The molecule has 0 atom stereocenters. The first kappa shape index (κ1) is 14.6. The molecule has 0 spiro atoms. The van der Waals surface area contributed by atoms with Crippen LogP contribution >= 0.6 is 0 Å². The van der Waals surface area contributed by atoms with E-state index in [0.29, 0.717) is 25.6 Å². The normalized spacial score (nSPS) is 17.3. The molecule has 6 nitrogen and oxygen atoms in total. The Labute approximate surface area is 128 Å². The molecule has 1 aliphatic heterocycles. The van der Waals surface area contributed by atoms with E-state index in [2.05, 4.69) is 16.0 Å². The molecule has 2 heterocycles. The van der Waals surface area contributed by atoms with Gasteiger partial charge in [-0.1, -0.05) is 12.1 Å². The number of allylic oxidation sites excluding steroid dienone is 1. The third-order valence-electron chi connectivity index (χ3n) is 3.89. The van der Waals surface area contributed by atoms with Gasteiger partial charge in [0.1, 0.15) is 17.4 Å². The fraction of sp³-hybridized carbons (Fsp3) is 0.375. The number of hydrogen-bond donors (Lipinski definition) is 1. The lowest BCUT2D eigenvalue weighted by atomic mass is 10.2. The number of aromatic nitrogens is 2. The molecule has 0 bridgehead atoms. The highest BCUT2D eigenvalue weighted by atomic mass is 16.5. The first-order valence-electron chi connectivity index (χ1n) is 7.25. The van der Waals surface area contributed by atoms with Crippen molar-refractivity contribution < 1.29 is 9.84 Å². The van der Waals surface area contributed by atoms with Crippen molar-refractivity contribution >= 4 is 16.6 Å². The van der Waals surface area contributed by atoms with Crippen LogP contribution in [0.1, 0.15) is 5.82 Å². The minimum absolute atomic E-state index is 0.0582. The number of aliphatic hydroxyl groups excluding tert-OH is 1. The number of imidazole rings is 1. The van der Waals surface area contributed by atoms with Crippen LogP contribution in [0.4, 0.5) is 0 Å². The maximum absolute atomic E-state index is 10.4. The average molecular weight is 298 g/mol. The number of aryl methyl sites for hydroxylation is 1. The van der Waals surface area contributed by atoms with Crippen LogP contribution in [0, 0.1) is 11.3 Å². The van der Waals surface area contributed by atoms with Gasteiger partial charge in [0, 0.05) is 20.1 Å². The molecule has 0 saturated carbocycles.